The predicted octanol–water partition coefficient (Wildman–Crippen LogP) is 1.17. The molecule has 0 rings (SSSR count). The first kappa shape index (κ1) is 11.0. The molecule has 0 amide bonds. The van der Waals surface area contributed by atoms with E-state index < -0.39 is 13.9 Å². The maximum absolute atomic E-state index is 10.4. The average Bonchev–Trinajstić information content (AvgIpc) is 2.00. The van der Waals surface area contributed by atoms with E-state index in [4.69, 9.17) is 15.2 Å². The van der Waals surface area contributed by atoms with Gasteiger partial charge in [0.1, 0.15) is 5.60 Å². The quantitative estimate of drug-likeness (QED) is 0.623. The lowest BCUT2D eigenvalue weighted by atomic mass is 9.98. The van der Waals surface area contributed by atoms with E-state index in [-0.39, 0.29) is 6.54 Å². The summed E-state index contributed by atoms with van der Waals surface area (Å²) in [6.45, 7) is 4.05. The first-order chi connectivity index (χ1) is 5.10. The van der Waals surface area contributed by atoms with Gasteiger partial charge < -0.3 is 5.73 Å². The standard InChI is InChI=1S/C6H14NO3P/c1-3-6(4-2,5-7)10-11(8)9/h3-5,7H2,1-2H3/p+1. The zero-order valence-electron chi connectivity index (χ0n) is 6.91. The maximum Gasteiger partial charge on any atom is 0.695 e. The third-order valence-corrected chi connectivity index (χ3v) is 2.48. The van der Waals surface area contributed by atoms with Crippen molar-refractivity contribution in [1.29, 1.82) is 0 Å². The molecule has 3 N–H and O–H groups in total. The summed E-state index contributed by atoms with van der Waals surface area (Å²) in [6, 6.07) is 0. The number of hydrogen-bond acceptors (Lipinski definition) is 3. The van der Waals surface area contributed by atoms with Crippen molar-refractivity contribution in [2.75, 3.05) is 6.54 Å². The van der Waals surface area contributed by atoms with E-state index in [2.05, 4.69) is 0 Å². The molecule has 66 valence electrons. The summed E-state index contributed by atoms with van der Waals surface area (Å²) < 4.78 is 15.2. The van der Waals surface area contributed by atoms with E-state index >= 15 is 0 Å². The van der Waals surface area contributed by atoms with Gasteiger partial charge in [0.2, 0.25) is 0 Å². The normalized spacial score (nSPS) is 13.3. The van der Waals surface area contributed by atoms with Crippen LogP contribution in [0.25, 0.3) is 0 Å². The molecule has 1 unspecified atom stereocenters. The molecule has 1 atom stereocenters. The lowest BCUT2D eigenvalue weighted by Gasteiger charge is -2.21. The van der Waals surface area contributed by atoms with E-state index in [0.717, 1.165) is 0 Å². The van der Waals surface area contributed by atoms with Gasteiger partial charge in [-0.15, -0.1) is 9.42 Å². The van der Waals surface area contributed by atoms with Gasteiger partial charge in [-0.25, -0.2) is 0 Å². The van der Waals surface area contributed by atoms with Crippen molar-refractivity contribution in [3.8, 4) is 0 Å². The minimum atomic E-state index is -2.54. The maximum atomic E-state index is 10.4. The highest BCUT2D eigenvalue weighted by molar-refractivity contribution is 7.32. The summed E-state index contributed by atoms with van der Waals surface area (Å²) in [7, 11) is -2.54. The molecule has 0 saturated carbocycles. The van der Waals surface area contributed by atoms with Crippen LogP contribution in [0.5, 0.6) is 0 Å². The van der Waals surface area contributed by atoms with Crippen LogP contribution in [0.2, 0.25) is 0 Å². The van der Waals surface area contributed by atoms with Crippen LogP contribution in [-0.2, 0) is 9.09 Å². The second-order valence-corrected chi connectivity index (χ2v) is 3.08. The van der Waals surface area contributed by atoms with Gasteiger partial charge in [-0.1, -0.05) is 13.8 Å². The molecule has 4 nitrogen and oxygen atoms in total. The largest absolute Gasteiger partial charge is 0.695 e. The number of hydrogen-bond donors (Lipinski definition) is 2. The summed E-state index contributed by atoms with van der Waals surface area (Å²) >= 11 is 0. The monoisotopic (exact) mass is 180 g/mol. The van der Waals surface area contributed by atoms with Gasteiger partial charge in [0.15, 0.2) is 0 Å². The molecule has 0 aliphatic carbocycles. The van der Waals surface area contributed by atoms with Crippen molar-refractivity contribution in [2.24, 2.45) is 5.73 Å². The summed E-state index contributed by atoms with van der Waals surface area (Å²) in [6.07, 6.45) is 1.31. The summed E-state index contributed by atoms with van der Waals surface area (Å²) in [4.78, 5) is 8.51. The Kier molecular flexibility index (Phi) is 4.77. The van der Waals surface area contributed by atoms with Crippen LogP contribution >= 0.6 is 8.25 Å². The van der Waals surface area contributed by atoms with Gasteiger partial charge in [-0.05, 0) is 12.8 Å². The van der Waals surface area contributed by atoms with Crippen molar-refractivity contribution < 1.29 is 14.0 Å². The molecule has 11 heavy (non-hydrogen) atoms. The molecule has 0 fully saturated rings. The molecule has 0 radical (unpaired) electrons. The molecule has 0 saturated heterocycles. The van der Waals surface area contributed by atoms with E-state index in [9.17, 15) is 4.57 Å². The summed E-state index contributed by atoms with van der Waals surface area (Å²) in [5, 5.41) is 0. The number of nitrogens with two attached hydrogens (primary N) is 1. The fourth-order valence-electron chi connectivity index (χ4n) is 0.871. The Hall–Kier alpha value is -0.0200. The van der Waals surface area contributed by atoms with Crippen molar-refractivity contribution in [2.45, 2.75) is 32.3 Å². The fourth-order valence-corrected chi connectivity index (χ4v) is 1.53. The Balaban J connectivity index is 4.16. The van der Waals surface area contributed by atoms with Crippen LogP contribution in [0.1, 0.15) is 26.7 Å². The van der Waals surface area contributed by atoms with E-state index in [1.54, 1.807) is 0 Å². The predicted molar refractivity (Wildman–Crippen MR) is 43.3 cm³/mol. The third-order valence-electron chi connectivity index (χ3n) is 1.93. The molecule has 0 aromatic rings. The van der Waals surface area contributed by atoms with E-state index in [1.807, 2.05) is 13.8 Å². The summed E-state index contributed by atoms with van der Waals surface area (Å²) in [5.74, 6) is 0. The Bertz CT molecular complexity index is 128. The Morgan fingerprint density at radius 2 is 2.00 bits per heavy atom. The van der Waals surface area contributed by atoms with Crippen LogP contribution in [0.4, 0.5) is 0 Å². The Labute approximate surface area is 67.7 Å². The van der Waals surface area contributed by atoms with Gasteiger partial charge in [-0.2, -0.15) is 0 Å². The first-order valence-electron chi connectivity index (χ1n) is 3.65. The van der Waals surface area contributed by atoms with Crippen molar-refractivity contribution in [1.82, 2.24) is 0 Å². The average molecular weight is 180 g/mol. The lowest BCUT2D eigenvalue weighted by molar-refractivity contribution is 0.0652. The van der Waals surface area contributed by atoms with Crippen molar-refractivity contribution in [3.05, 3.63) is 0 Å². The molecule has 0 aromatic heterocycles. The van der Waals surface area contributed by atoms with Gasteiger partial charge >= 0.3 is 8.25 Å². The Morgan fingerprint density at radius 3 is 2.09 bits per heavy atom. The highest BCUT2D eigenvalue weighted by Crippen LogP contribution is 2.30. The lowest BCUT2D eigenvalue weighted by Crippen LogP contribution is -2.37. The number of rotatable bonds is 5. The van der Waals surface area contributed by atoms with E-state index in [0.29, 0.717) is 12.8 Å². The van der Waals surface area contributed by atoms with Crippen LogP contribution < -0.4 is 5.73 Å². The molecule has 0 aromatic carbocycles. The highest BCUT2D eigenvalue weighted by atomic mass is 31.1. The second kappa shape index (κ2) is 4.78. The second-order valence-electron chi connectivity index (χ2n) is 2.42. The third kappa shape index (κ3) is 3.25. The van der Waals surface area contributed by atoms with Gasteiger partial charge in [0, 0.05) is 11.1 Å². The Morgan fingerprint density at radius 1 is 1.55 bits per heavy atom. The molecular weight excluding hydrogens is 165 g/mol. The van der Waals surface area contributed by atoms with Gasteiger partial charge in [0.05, 0.1) is 0 Å². The fraction of sp³-hybridized carbons (Fsp3) is 1.00. The molecule has 0 spiro atoms. The molecular formula is C6H15NO3P+. The summed E-state index contributed by atoms with van der Waals surface area (Å²) in [5.41, 5.74) is 4.80. The van der Waals surface area contributed by atoms with Gasteiger partial charge in [0.25, 0.3) is 0 Å². The SMILES string of the molecule is CCC(CC)(CN)O[P+](=O)O. The minimum absolute atomic E-state index is 0.279. The molecule has 0 aliphatic heterocycles. The molecule has 0 bridgehead atoms. The minimum Gasteiger partial charge on any atom is -0.328 e. The van der Waals surface area contributed by atoms with Crippen LogP contribution in [0, 0.1) is 0 Å². The smallest absolute Gasteiger partial charge is 0.328 e. The van der Waals surface area contributed by atoms with Crippen LogP contribution in [0.15, 0.2) is 0 Å². The highest BCUT2D eigenvalue weighted by Gasteiger charge is 2.35. The molecule has 5 heteroatoms. The van der Waals surface area contributed by atoms with Crippen molar-refractivity contribution in [3.63, 3.8) is 0 Å². The molecule has 0 aliphatic rings. The zero-order chi connectivity index (χ0) is 8.91. The first-order valence-corrected chi connectivity index (χ1v) is 4.78. The van der Waals surface area contributed by atoms with Crippen LogP contribution in [-0.4, -0.2) is 17.0 Å². The zero-order valence-corrected chi connectivity index (χ0v) is 7.80. The topological polar surface area (TPSA) is 72.5 Å². The molecule has 0 heterocycles. The van der Waals surface area contributed by atoms with E-state index in [1.165, 1.54) is 0 Å². The van der Waals surface area contributed by atoms with Gasteiger partial charge in [-0.3, -0.25) is 0 Å². The van der Waals surface area contributed by atoms with Crippen LogP contribution in [0.3, 0.4) is 0 Å². The van der Waals surface area contributed by atoms with Crippen molar-refractivity contribution >= 4 is 8.25 Å².